The molecule has 1 unspecified atom stereocenters. The summed E-state index contributed by atoms with van der Waals surface area (Å²) in [6.07, 6.45) is 3.28. The molecule has 0 aliphatic rings. The Morgan fingerprint density at radius 3 is 2.59 bits per heavy atom. The largest absolute Gasteiger partial charge is 0.393 e. The average Bonchev–Trinajstić information content (AvgIpc) is 2.65. The van der Waals surface area contributed by atoms with Crippen molar-refractivity contribution in [1.82, 2.24) is 9.97 Å². The first-order valence-corrected chi connectivity index (χ1v) is 9.88. The van der Waals surface area contributed by atoms with Gasteiger partial charge in [-0.1, -0.05) is 5.92 Å². The van der Waals surface area contributed by atoms with Crippen LogP contribution in [0.3, 0.4) is 0 Å². The number of rotatable bonds is 4. The molecule has 0 aliphatic heterocycles. The molecule has 0 saturated carbocycles. The predicted octanol–water partition coefficient (Wildman–Crippen LogP) is 1.48. The van der Waals surface area contributed by atoms with E-state index in [2.05, 4.69) is 27.1 Å². The maximum atomic E-state index is 11.5. The van der Waals surface area contributed by atoms with Gasteiger partial charge in [0.1, 0.15) is 17.6 Å². The molecule has 1 atom stereocenters. The Morgan fingerprint density at radius 2 is 1.93 bits per heavy atom. The van der Waals surface area contributed by atoms with Crippen LogP contribution in [0.5, 0.6) is 0 Å². The van der Waals surface area contributed by atoms with Gasteiger partial charge in [-0.05, 0) is 42.3 Å². The van der Waals surface area contributed by atoms with Crippen LogP contribution in [0, 0.1) is 11.8 Å². The summed E-state index contributed by atoms with van der Waals surface area (Å²) in [6, 6.07) is 9.91. The van der Waals surface area contributed by atoms with Crippen molar-refractivity contribution < 1.29 is 18.6 Å². The summed E-state index contributed by atoms with van der Waals surface area (Å²) in [7, 11) is -3.25. The van der Waals surface area contributed by atoms with Crippen LogP contribution < -0.4 is 5.32 Å². The molecule has 0 radical (unpaired) electrons. The van der Waals surface area contributed by atoms with Crippen LogP contribution in [-0.4, -0.2) is 47.6 Å². The van der Waals surface area contributed by atoms with E-state index >= 15 is 0 Å². The van der Waals surface area contributed by atoms with Gasteiger partial charge in [0.25, 0.3) is 0 Å². The minimum absolute atomic E-state index is 0.240. The zero-order chi connectivity index (χ0) is 19.4. The Morgan fingerprint density at radius 1 is 1.19 bits per heavy atom. The van der Waals surface area contributed by atoms with Gasteiger partial charge in [0.05, 0.1) is 11.5 Å². The normalized spacial score (nSPS) is 12.3. The molecule has 3 N–H and O–H groups in total. The topological polar surface area (TPSA) is 112 Å². The number of anilines is 2. The van der Waals surface area contributed by atoms with E-state index in [-0.39, 0.29) is 4.90 Å². The standard InChI is InChI=1S/C19H17N3O4S/c1-27(25,26)16-5-2-14(3-6-16)22-19-10-17-13(11-21-19)8-9-20-18(17)7-4-15(24)12-23/h2-3,5-6,8-11,15,23-24H,12H2,1H3,(H,21,22). The third kappa shape index (κ3) is 4.60. The highest BCUT2D eigenvalue weighted by Gasteiger charge is 2.07. The second-order valence-corrected chi connectivity index (χ2v) is 7.86. The van der Waals surface area contributed by atoms with Crippen LogP contribution in [-0.2, 0) is 9.84 Å². The van der Waals surface area contributed by atoms with Crippen molar-refractivity contribution in [2.45, 2.75) is 11.0 Å². The molecule has 0 amide bonds. The van der Waals surface area contributed by atoms with Crippen LogP contribution in [0.2, 0.25) is 0 Å². The summed E-state index contributed by atoms with van der Waals surface area (Å²) < 4.78 is 23.1. The molecule has 2 heterocycles. The lowest BCUT2D eigenvalue weighted by molar-refractivity contribution is 0.138. The Bertz CT molecular complexity index is 1130. The van der Waals surface area contributed by atoms with Gasteiger partial charge >= 0.3 is 0 Å². The molecule has 27 heavy (non-hydrogen) atoms. The van der Waals surface area contributed by atoms with E-state index in [0.717, 1.165) is 17.0 Å². The maximum absolute atomic E-state index is 11.5. The molecular formula is C19H17N3O4S. The second-order valence-electron chi connectivity index (χ2n) is 5.84. The first-order valence-electron chi connectivity index (χ1n) is 7.99. The number of hydrogen-bond donors (Lipinski definition) is 3. The summed E-state index contributed by atoms with van der Waals surface area (Å²) in [5, 5.41) is 22.9. The van der Waals surface area contributed by atoms with Gasteiger partial charge in [0.2, 0.25) is 0 Å². The lowest BCUT2D eigenvalue weighted by Gasteiger charge is -2.08. The summed E-state index contributed by atoms with van der Waals surface area (Å²) in [6.45, 7) is -0.449. The van der Waals surface area contributed by atoms with E-state index in [4.69, 9.17) is 5.11 Å². The Hall–Kier alpha value is -2.99. The molecule has 138 valence electrons. The van der Waals surface area contributed by atoms with Crippen molar-refractivity contribution in [3.8, 4) is 11.8 Å². The lowest BCUT2D eigenvalue weighted by Crippen LogP contribution is -2.08. The van der Waals surface area contributed by atoms with Crippen LogP contribution in [0.1, 0.15) is 5.69 Å². The highest BCUT2D eigenvalue weighted by Crippen LogP contribution is 2.22. The third-order valence-electron chi connectivity index (χ3n) is 3.73. The second kappa shape index (κ2) is 7.72. The van der Waals surface area contributed by atoms with Gasteiger partial charge in [0, 0.05) is 35.1 Å². The van der Waals surface area contributed by atoms with E-state index < -0.39 is 22.5 Å². The van der Waals surface area contributed by atoms with E-state index in [9.17, 15) is 13.5 Å². The molecule has 0 fully saturated rings. The zero-order valence-corrected chi connectivity index (χ0v) is 15.2. The molecule has 1 aromatic carbocycles. The highest BCUT2D eigenvalue weighted by atomic mass is 32.2. The number of aliphatic hydroxyl groups is 2. The monoisotopic (exact) mass is 383 g/mol. The highest BCUT2D eigenvalue weighted by molar-refractivity contribution is 7.90. The third-order valence-corrected chi connectivity index (χ3v) is 4.86. The fourth-order valence-electron chi connectivity index (χ4n) is 2.36. The fraction of sp³-hybridized carbons (Fsp3) is 0.158. The summed E-state index contributed by atoms with van der Waals surface area (Å²) in [5.41, 5.74) is 1.14. The van der Waals surface area contributed by atoms with Crippen LogP contribution in [0.4, 0.5) is 11.5 Å². The fourth-order valence-corrected chi connectivity index (χ4v) is 2.99. The molecule has 0 saturated heterocycles. The molecule has 2 aromatic heterocycles. The van der Waals surface area contributed by atoms with E-state index in [1.165, 1.54) is 12.1 Å². The van der Waals surface area contributed by atoms with E-state index in [1.807, 2.05) is 0 Å². The summed E-state index contributed by atoms with van der Waals surface area (Å²) in [5.74, 6) is 5.82. The number of pyridine rings is 2. The van der Waals surface area contributed by atoms with Crippen molar-refractivity contribution in [2.75, 3.05) is 18.2 Å². The summed E-state index contributed by atoms with van der Waals surface area (Å²) >= 11 is 0. The van der Waals surface area contributed by atoms with Crippen LogP contribution >= 0.6 is 0 Å². The van der Waals surface area contributed by atoms with Crippen molar-refractivity contribution in [3.63, 3.8) is 0 Å². The number of fused-ring (bicyclic) bond motifs is 1. The van der Waals surface area contributed by atoms with Crippen molar-refractivity contribution >= 4 is 32.1 Å². The number of sulfone groups is 1. The van der Waals surface area contributed by atoms with Crippen LogP contribution in [0.15, 0.2) is 53.7 Å². The molecule has 3 rings (SSSR count). The average molecular weight is 383 g/mol. The number of aromatic nitrogens is 2. The van der Waals surface area contributed by atoms with E-state index in [1.54, 1.807) is 36.7 Å². The minimum atomic E-state index is -3.25. The number of aliphatic hydroxyl groups excluding tert-OH is 2. The van der Waals surface area contributed by atoms with Gasteiger partial charge in [-0.3, -0.25) is 0 Å². The van der Waals surface area contributed by atoms with Gasteiger partial charge < -0.3 is 15.5 Å². The van der Waals surface area contributed by atoms with Gasteiger partial charge in [-0.2, -0.15) is 0 Å². The zero-order valence-electron chi connectivity index (χ0n) is 14.4. The SMILES string of the molecule is CS(=O)(=O)c1ccc(Nc2cc3c(C#CC(O)CO)nccc3cn2)cc1. The van der Waals surface area contributed by atoms with Crippen molar-refractivity contribution in [1.29, 1.82) is 0 Å². The number of hydrogen-bond acceptors (Lipinski definition) is 7. The first-order chi connectivity index (χ1) is 12.9. The van der Waals surface area contributed by atoms with Gasteiger partial charge in [0.15, 0.2) is 9.84 Å². The number of benzene rings is 1. The van der Waals surface area contributed by atoms with Gasteiger partial charge in [-0.15, -0.1) is 0 Å². The summed E-state index contributed by atoms with van der Waals surface area (Å²) in [4.78, 5) is 8.78. The lowest BCUT2D eigenvalue weighted by atomic mass is 10.1. The quantitative estimate of drug-likeness (QED) is 0.585. The first kappa shape index (κ1) is 18.8. The van der Waals surface area contributed by atoms with Crippen molar-refractivity contribution in [3.05, 3.63) is 54.5 Å². The predicted molar refractivity (Wildman–Crippen MR) is 102 cm³/mol. The van der Waals surface area contributed by atoms with E-state index in [0.29, 0.717) is 17.2 Å². The Balaban J connectivity index is 1.92. The number of nitrogens with zero attached hydrogens (tertiary/aromatic N) is 2. The molecule has 3 aromatic rings. The Kier molecular flexibility index (Phi) is 5.37. The molecule has 0 bridgehead atoms. The molecule has 0 spiro atoms. The maximum Gasteiger partial charge on any atom is 0.175 e. The molecular weight excluding hydrogens is 366 g/mol. The molecule has 7 nitrogen and oxygen atoms in total. The smallest absolute Gasteiger partial charge is 0.175 e. The van der Waals surface area contributed by atoms with Gasteiger partial charge in [-0.25, -0.2) is 18.4 Å². The molecule has 8 heteroatoms. The van der Waals surface area contributed by atoms with Crippen molar-refractivity contribution in [2.24, 2.45) is 0 Å². The Labute approximate surface area is 156 Å². The molecule has 0 aliphatic carbocycles. The minimum Gasteiger partial charge on any atom is -0.393 e. The number of nitrogens with one attached hydrogen (secondary N) is 1. The van der Waals surface area contributed by atoms with Crippen LogP contribution in [0.25, 0.3) is 10.8 Å².